The lowest BCUT2D eigenvalue weighted by Gasteiger charge is -2.12. The average molecular weight is 578 g/mol. The molecule has 0 saturated heterocycles. The van der Waals surface area contributed by atoms with Crippen molar-refractivity contribution in [3.05, 3.63) is 108 Å². The number of benzene rings is 4. The van der Waals surface area contributed by atoms with Gasteiger partial charge in [0, 0.05) is 5.56 Å². The van der Waals surface area contributed by atoms with Crippen LogP contribution in [-0.2, 0) is 6.18 Å². The van der Waals surface area contributed by atoms with Crippen LogP contribution < -0.4 is 19.5 Å². The zero-order chi connectivity index (χ0) is 29.0. The van der Waals surface area contributed by atoms with Crippen LogP contribution in [0.15, 0.2) is 91.0 Å². The quantitative estimate of drug-likeness (QED) is 0.200. The van der Waals surface area contributed by atoms with Gasteiger partial charge in [-0.2, -0.15) is 13.2 Å². The lowest BCUT2D eigenvalue weighted by molar-refractivity contribution is -0.137. The van der Waals surface area contributed by atoms with Crippen molar-refractivity contribution in [1.29, 1.82) is 0 Å². The van der Waals surface area contributed by atoms with Gasteiger partial charge in [0.25, 0.3) is 5.91 Å². The summed E-state index contributed by atoms with van der Waals surface area (Å²) in [5.41, 5.74) is 0.996. The van der Waals surface area contributed by atoms with Gasteiger partial charge in [-0.25, -0.2) is 0 Å². The molecule has 0 radical (unpaired) electrons. The van der Waals surface area contributed by atoms with E-state index < -0.39 is 17.6 Å². The van der Waals surface area contributed by atoms with Crippen LogP contribution in [0.4, 0.5) is 18.3 Å². The van der Waals surface area contributed by atoms with Crippen molar-refractivity contribution in [3.8, 4) is 39.3 Å². The second kappa shape index (κ2) is 11.7. The van der Waals surface area contributed by atoms with Crippen LogP contribution >= 0.6 is 11.3 Å². The van der Waals surface area contributed by atoms with Crippen LogP contribution in [0.5, 0.6) is 28.7 Å². The van der Waals surface area contributed by atoms with E-state index in [9.17, 15) is 18.0 Å². The van der Waals surface area contributed by atoms with Crippen LogP contribution in [0.1, 0.15) is 21.5 Å². The van der Waals surface area contributed by atoms with Gasteiger partial charge in [-0.3, -0.25) is 10.1 Å². The zero-order valence-corrected chi connectivity index (χ0v) is 22.5. The van der Waals surface area contributed by atoms with Gasteiger partial charge in [-0.15, -0.1) is 10.2 Å². The van der Waals surface area contributed by atoms with E-state index in [1.807, 2.05) is 13.0 Å². The van der Waals surface area contributed by atoms with E-state index in [4.69, 9.17) is 14.2 Å². The monoisotopic (exact) mass is 577 g/mol. The fourth-order valence-corrected chi connectivity index (χ4v) is 4.54. The topological polar surface area (TPSA) is 82.6 Å². The summed E-state index contributed by atoms with van der Waals surface area (Å²) in [6.45, 7) is 1.87. The minimum atomic E-state index is -4.48. The van der Waals surface area contributed by atoms with E-state index in [0.717, 1.165) is 29.0 Å². The third kappa shape index (κ3) is 6.82. The average Bonchev–Trinajstić information content (AvgIpc) is 3.43. The number of alkyl halides is 3. The molecule has 0 fully saturated rings. The Labute approximate surface area is 237 Å². The molecule has 0 atom stereocenters. The van der Waals surface area contributed by atoms with Crippen molar-refractivity contribution in [1.82, 2.24) is 10.2 Å². The Balaban J connectivity index is 1.31. The molecule has 0 aliphatic heterocycles. The van der Waals surface area contributed by atoms with E-state index in [2.05, 4.69) is 15.5 Å². The Kier molecular flexibility index (Phi) is 7.88. The van der Waals surface area contributed by atoms with Crippen molar-refractivity contribution in [2.24, 2.45) is 0 Å². The number of nitrogens with zero attached hydrogens (tertiary/aromatic N) is 2. The van der Waals surface area contributed by atoms with E-state index in [-0.39, 0.29) is 10.9 Å². The molecule has 0 aliphatic rings. The van der Waals surface area contributed by atoms with Crippen LogP contribution in [0.3, 0.4) is 0 Å². The minimum absolute atomic E-state index is 0.0491. The molecule has 1 heterocycles. The Hall–Kier alpha value is -4.90. The maximum absolute atomic E-state index is 13.2. The van der Waals surface area contributed by atoms with Gasteiger partial charge in [0.05, 0.1) is 18.2 Å². The number of ether oxygens (including phenoxy) is 3. The Morgan fingerprint density at radius 1 is 0.805 bits per heavy atom. The second-order valence-corrected chi connectivity index (χ2v) is 9.78. The van der Waals surface area contributed by atoms with Crippen molar-refractivity contribution in [3.63, 3.8) is 0 Å². The number of hydrogen-bond acceptors (Lipinski definition) is 7. The fraction of sp³-hybridized carbons (Fsp3) is 0.100. The number of methoxy groups -OCH3 is 1. The van der Waals surface area contributed by atoms with Crippen molar-refractivity contribution in [2.75, 3.05) is 12.4 Å². The van der Waals surface area contributed by atoms with Crippen molar-refractivity contribution < 1.29 is 32.2 Å². The van der Waals surface area contributed by atoms with Gasteiger partial charge in [0.15, 0.2) is 0 Å². The Bertz CT molecular complexity index is 1690. The van der Waals surface area contributed by atoms with Crippen LogP contribution in [0.2, 0.25) is 0 Å². The largest absolute Gasteiger partial charge is 0.497 e. The van der Waals surface area contributed by atoms with E-state index in [0.29, 0.717) is 39.1 Å². The fourth-order valence-electron chi connectivity index (χ4n) is 3.80. The van der Waals surface area contributed by atoms with E-state index in [1.54, 1.807) is 67.8 Å². The smallest absolute Gasteiger partial charge is 0.416 e. The molecule has 0 bridgehead atoms. The summed E-state index contributed by atoms with van der Waals surface area (Å²) in [5.74, 6) is 1.52. The van der Waals surface area contributed by atoms with Gasteiger partial charge in [0.1, 0.15) is 33.8 Å². The molecule has 1 amide bonds. The highest BCUT2D eigenvalue weighted by Gasteiger charge is 2.30. The molecule has 7 nitrogen and oxygen atoms in total. The van der Waals surface area contributed by atoms with Gasteiger partial charge < -0.3 is 14.2 Å². The molecule has 208 valence electrons. The molecule has 0 unspecified atom stereocenters. The van der Waals surface area contributed by atoms with Crippen LogP contribution in [0.25, 0.3) is 10.6 Å². The molecule has 1 N–H and O–H groups in total. The van der Waals surface area contributed by atoms with Gasteiger partial charge in [-0.1, -0.05) is 41.2 Å². The first-order chi connectivity index (χ1) is 19.7. The number of halogens is 3. The summed E-state index contributed by atoms with van der Waals surface area (Å²) in [4.78, 5) is 13.2. The van der Waals surface area contributed by atoms with Crippen molar-refractivity contribution >= 4 is 22.4 Å². The first kappa shape index (κ1) is 27.7. The first-order valence-electron chi connectivity index (χ1n) is 12.2. The number of aryl methyl sites for hydroxylation is 1. The third-order valence-corrected chi connectivity index (χ3v) is 6.68. The van der Waals surface area contributed by atoms with Gasteiger partial charge >= 0.3 is 6.18 Å². The van der Waals surface area contributed by atoms with E-state index >= 15 is 0 Å². The maximum Gasteiger partial charge on any atom is 0.416 e. The second-order valence-electron chi connectivity index (χ2n) is 8.80. The molecular formula is C30H22F3N3O4S. The predicted octanol–water partition coefficient (Wildman–Crippen LogP) is 8.38. The maximum atomic E-state index is 13.2. The number of amides is 1. The summed E-state index contributed by atoms with van der Waals surface area (Å²) in [6, 6.07) is 23.6. The molecule has 0 aliphatic carbocycles. The lowest BCUT2D eigenvalue weighted by atomic mass is 10.1. The molecule has 41 heavy (non-hydrogen) atoms. The SMILES string of the molecule is COc1ccc(Oc2ccc(C)cc2C(=O)Nc2nnc(-c3cccc(Oc4cccc(C(F)(F)F)c4)c3)s2)cc1. The standard InChI is InChI=1S/C30H22F3N3O4S/c1-18-9-14-26(40-22-12-10-21(38-2)11-13-22)25(15-18)27(37)34-29-36-35-28(41-29)19-5-3-7-23(16-19)39-24-8-4-6-20(17-24)30(31,32)33/h3-17H,1-2H3,(H,34,36,37). The number of carbonyl (C=O) groups is 1. The summed E-state index contributed by atoms with van der Waals surface area (Å²) >= 11 is 1.13. The van der Waals surface area contributed by atoms with Crippen LogP contribution in [-0.4, -0.2) is 23.2 Å². The third-order valence-electron chi connectivity index (χ3n) is 5.79. The van der Waals surface area contributed by atoms with Crippen molar-refractivity contribution in [2.45, 2.75) is 13.1 Å². The summed E-state index contributed by atoms with van der Waals surface area (Å²) in [5, 5.41) is 11.7. The first-order valence-corrected chi connectivity index (χ1v) is 13.0. The highest BCUT2D eigenvalue weighted by Crippen LogP contribution is 2.35. The molecular weight excluding hydrogens is 555 g/mol. The predicted molar refractivity (Wildman–Crippen MR) is 149 cm³/mol. The Morgan fingerprint density at radius 3 is 2.24 bits per heavy atom. The number of rotatable bonds is 8. The van der Waals surface area contributed by atoms with Gasteiger partial charge in [0.2, 0.25) is 5.13 Å². The summed E-state index contributed by atoms with van der Waals surface area (Å²) in [7, 11) is 1.57. The molecule has 11 heteroatoms. The van der Waals surface area contributed by atoms with E-state index in [1.165, 1.54) is 12.1 Å². The zero-order valence-electron chi connectivity index (χ0n) is 21.7. The van der Waals surface area contributed by atoms with Gasteiger partial charge in [-0.05, 0) is 73.7 Å². The Morgan fingerprint density at radius 2 is 1.51 bits per heavy atom. The molecule has 5 rings (SSSR count). The number of aromatic nitrogens is 2. The number of carbonyl (C=O) groups excluding carboxylic acids is 1. The number of nitrogens with one attached hydrogen (secondary N) is 1. The summed E-state index contributed by atoms with van der Waals surface area (Å²) in [6.07, 6.45) is -4.48. The molecule has 1 aromatic heterocycles. The normalized spacial score (nSPS) is 11.1. The molecule has 0 spiro atoms. The lowest BCUT2D eigenvalue weighted by Crippen LogP contribution is -2.13. The highest BCUT2D eigenvalue weighted by atomic mass is 32.1. The molecule has 0 saturated carbocycles. The molecule has 4 aromatic carbocycles. The van der Waals surface area contributed by atoms with Crippen LogP contribution in [0, 0.1) is 6.92 Å². The number of anilines is 1. The number of hydrogen-bond donors (Lipinski definition) is 1. The molecule has 5 aromatic rings. The minimum Gasteiger partial charge on any atom is -0.497 e. The highest BCUT2D eigenvalue weighted by molar-refractivity contribution is 7.18. The summed E-state index contributed by atoms with van der Waals surface area (Å²) < 4.78 is 55.9.